The number of hydrogen-bond donors (Lipinski definition) is 2. The van der Waals surface area contributed by atoms with Crippen molar-refractivity contribution in [3.8, 4) is 5.75 Å². The minimum atomic E-state index is -0.320. The summed E-state index contributed by atoms with van der Waals surface area (Å²) < 4.78 is 5.54. The minimum Gasteiger partial charge on any atom is -0.492 e. The number of hydrogen-bond acceptors (Lipinski definition) is 3. The van der Waals surface area contributed by atoms with E-state index in [-0.39, 0.29) is 5.91 Å². The summed E-state index contributed by atoms with van der Waals surface area (Å²) in [5.41, 5.74) is 8.19. The van der Waals surface area contributed by atoms with Gasteiger partial charge in [-0.2, -0.15) is 0 Å². The van der Waals surface area contributed by atoms with Gasteiger partial charge in [-0.1, -0.05) is 17.7 Å². The van der Waals surface area contributed by atoms with Crippen molar-refractivity contribution in [3.05, 3.63) is 52.5 Å². The molecule has 0 aliphatic heterocycles. The van der Waals surface area contributed by atoms with Gasteiger partial charge in [-0.05, 0) is 49.7 Å². The Morgan fingerprint density at radius 1 is 1.29 bits per heavy atom. The summed E-state index contributed by atoms with van der Waals surface area (Å²) in [5.74, 6) is 0.311. The second kappa shape index (κ2) is 6.50. The smallest absolute Gasteiger partial charge is 0.257 e. The maximum atomic E-state index is 12.3. The van der Waals surface area contributed by atoms with Crippen LogP contribution in [0.25, 0.3) is 0 Å². The number of anilines is 2. The number of carbonyl (C=O) groups is 1. The van der Waals surface area contributed by atoms with Crippen molar-refractivity contribution in [3.63, 3.8) is 0 Å². The predicted molar refractivity (Wildman–Crippen MR) is 86.2 cm³/mol. The molecule has 0 heterocycles. The molecule has 0 spiro atoms. The largest absolute Gasteiger partial charge is 0.492 e. The van der Waals surface area contributed by atoms with E-state index in [4.69, 9.17) is 22.1 Å². The van der Waals surface area contributed by atoms with Gasteiger partial charge < -0.3 is 15.8 Å². The predicted octanol–water partition coefficient (Wildman–Crippen LogP) is 3.88. The highest BCUT2D eigenvalue weighted by Crippen LogP contribution is 2.27. The van der Waals surface area contributed by atoms with Crippen LogP contribution in [0.1, 0.15) is 22.8 Å². The number of aryl methyl sites for hydroxylation is 1. The van der Waals surface area contributed by atoms with E-state index in [1.165, 1.54) is 0 Å². The van der Waals surface area contributed by atoms with Crippen molar-refractivity contribution in [1.82, 2.24) is 0 Å². The first-order chi connectivity index (χ1) is 10.0. The fourth-order valence-electron chi connectivity index (χ4n) is 1.92. The van der Waals surface area contributed by atoms with Crippen LogP contribution in [0, 0.1) is 6.92 Å². The molecule has 5 heteroatoms. The van der Waals surface area contributed by atoms with Crippen molar-refractivity contribution < 1.29 is 9.53 Å². The molecule has 4 nitrogen and oxygen atoms in total. The summed E-state index contributed by atoms with van der Waals surface area (Å²) >= 11 is 5.91. The number of nitrogen functional groups attached to an aromatic ring is 1. The molecule has 0 radical (unpaired) electrons. The Balaban J connectivity index is 2.29. The van der Waals surface area contributed by atoms with Crippen molar-refractivity contribution in [1.29, 1.82) is 0 Å². The van der Waals surface area contributed by atoms with Crippen LogP contribution in [-0.2, 0) is 0 Å². The lowest BCUT2D eigenvalue weighted by Crippen LogP contribution is -2.15. The quantitative estimate of drug-likeness (QED) is 0.842. The van der Waals surface area contributed by atoms with Gasteiger partial charge in [0.2, 0.25) is 0 Å². The van der Waals surface area contributed by atoms with Crippen LogP contribution in [0.2, 0.25) is 5.02 Å². The second-order valence-corrected chi connectivity index (χ2v) is 5.05. The van der Waals surface area contributed by atoms with Gasteiger partial charge in [0.25, 0.3) is 5.91 Å². The average molecular weight is 305 g/mol. The zero-order valence-electron chi connectivity index (χ0n) is 11.9. The number of amides is 1. The van der Waals surface area contributed by atoms with Crippen LogP contribution in [-0.4, -0.2) is 12.5 Å². The van der Waals surface area contributed by atoms with E-state index >= 15 is 0 Å². The summed E-state index contributed by atoms with van der Waals surface area (Å²) in [5, 5.41) is 3.27. The third-order valence-electron chi connectivity index (χ3n) is 2.95. The first-order valence-electron chi connectivity index (χ1n) is 6.61. The highest BCUT2D eigenvalue weighted by Gasteiger charge is 2.13. The van der Waals surface area contributed by atoms with Gasteiger partial charge in [-0.25, -0.2) is 0 Å². The summed E-state index contributed by atoms with van der Waals surface area (Å²) in [6.45, 7) is 4.37. The molecule has 3 N–H and O–H groups in total. The Bertz CT molecular complexity index is 671. The highest BCUT2D eigenvalue weighted by molar-refractivity contribution is 6.31. The summed E-state index contributed by atoms with van der Waals surface area (Å²) in [7, 11) is 0. The third kappa shape index (κ3) is 3.67. The highest BCUT2D eigenvalue weighted by atomic mass is 35.5. The van der Waals surface area contributed by atoms with Crippen LogP contribution < -0.4 is 15.8 Å². The van der Waals surface area contributed by atoms with E-state index in [0.717, 1.165) is 5.56 Å². The van der Waals surface area contributed by atoms with Gasteiger partial charge in [0.05, 0.1) is 17.9 Å². The Labute approximate surface area is 128 Å². The van der Waals surface area contributed by atoms with E-state index in [2.05, 4.69) is 5.32 Å². The second-order valence-electron chi connectivity index (χ2n) is 4.62. The molecule has 0 aliphatic carbocycles. The number of nitrogens with one attached hydrogen (secondary N) is 1. The molecule has 1 amide bonds. The number of nitrogens with two attached hydrogens (primary N) is 1. The lowest BCUT2D eigenvalue weighted by Gasteiger charge is -2.13. The molecular weight excluding hydrogens is 288 g/mol. The van der Waals surface area contributed by atoms with Crippen molar-refractivity contribution in [2.24, 2.45) is 0 Å². The molecule has 2 aromatic rings. The zero-order valence-corrected chi connectivity index (χ0v) is 12.7. The molecule has 0 bridgehead atoms. The fourth-order valence-corrected chi connectivity index (χ4v) is 2.09. The number of benzene rings is 2. The zero-order chi connectivity index (χ0) is 15.4. The first-order valence-corrected chi connectivity index (χ1v) is 6.99. The Hall–Kier alpha value is -2.20. The molecule has 0 saturated carbocycles. The van der Waals surface area contributed by atoms with Crippen molar-refractivity contribution in [2.45, 2.75) is 13.8 Å². The van der Waals surface area contributed by atoms with Crippen LogP contribution in [0.3, 0.4) is 0 Å². The SMILES string of the molecule is CCOc1cc(C)ccc1NC(=O)c1cc(Cl)ccc1N. The maximum absolute atomic E-state index is 12.3. The molecule has 0 aromatic heterocycles. The molecule has 21 heavy (non-hydrogen) atoms. The van der Waals surface area contributed by atoms with Gasteiger partial charge in [0, 0.05) is 10.7 Å². The van der Waals surface area contributed by atoms with Gasteiger partial charge >= 0.3 is 0 Å². The molecule has 0 unspecified atom stereocenters. The van der Waals surface area contributed by atoms with Gasteiger partial charge in [0.1, 0.15) is 5.75 Å². The standard InChI is InChI=1S/C16H17ClN2O2/c1-3-21-15-8-10(2)4-7-14(15)19-16(20)12-9-11(17)5-6-13(12)18/h4-9H,3,18H2,1-2H3,(H,19,20). The fraction of sp³-hybridized carbons (Fsp3) is 0.188. The molecule has 2 aromatic carbocycles. The monoisotopic (exact) mass is 304 g/mol. The molecule has 0 atom stereocenters. The molecule has 0 saturated heterocycles. The molecular formula is C16H17ClN2O2. The Morgan fingerprint density at radius 3 is 2.76 bits per heavy atom. The van der Waals surface area contributed by atoms with E-state index < -0.39 is 0 Å². The van der Waals surface area contributed by atoms with E-state index in [1.807, 2.05) is 26.0 Å². The first kappa shape index (κ1) is 15.2. The Kier molecular flexibility index (Phi) is 4.70. The topological polar surface area (TPSA) is 64.3 Å². The lowest BCUT2D eigenvalue weighted by molar-refractivity contribution is 0.102. The van der Waals surface area contributed by atoms with Crippen LogP contribution in [0.5, 0.6) is 5.75 Å². The number of ether oxygens (including phenoxy) is 1. The molecule has 2 rings (SSSR count). The maximum Gasteiger partial charge on any atom is 0.257 e. The Morgan fingerprint density at radius 2 is 2.05 bits per heavy atom. The molecule has 110 valence electrons. The van der Waals surface area contributed by atoms with Gasteiger partial charge in [-0.3, -0.25) is 4.79 Å². The van der Waals surface area contributed by atoms with Crippen LogP contribution >= 0.6 is 11.6 Å². The number of halogens is 1. The van der Waals surface area contributed by atoms with Crippen molar-refractivity contribution in [2.75, 3.05) is 17.7 Å². The third-order valence-corrected chi connectivity index (χ3v) is 3.18. The van der Waals surface area contributed by atoms with Crippen LogP contribution in [0.15, 0.2) is 36.4 Å². The van der Waals surface area contributed by atoms with E-state index in [0.29, 0.717) is 34.3 Å². The average Bonchev–Trinajstić information content (AvgIpc) is 2.44. The van der Waals surface area contributed by atoms with Crippen molar-refractivity contribution >= 4 is 28.9 Å². The summed E-state index contributed by atoms with van der Waals surface area (Å²) in [6.07, 6.45) is 0. The molecule has 0 fully saturated rings. The minimum absolute atomic E-state index is 0.320. The lowest BCUT2D eigenvalue weighted by atomic mass is 10.1. The van der Waals surface area contributed by atoms with Gasteiger partial charge in [-0.15, -0.1) is 0 Å². The summed E-state index contributed by atoms with van der Waals surface area (Å²) in [4.78, 5) is 12.3. The van der Waals surface area contributed by atoms with Gasteiger partial charge in [0.15, 0.2) is 0 Å². The number of rotatable bonds is 4. The normalized spacial score (nSPS) is 10.2. The molecule has 0 aliphatic rings. The van der Waals surface area contributed by atoms with Crippen LogP contribution in [0.4, 0.5) is 11.4 Å². The van der Waals surface area contributed by atoms with E-state index in [1.54, 1.807) is 24.3 Å². The van der Waals surface area contributed by atoms with E-state index in [9.17, 15) is 4.79 Å². The summed E-state index contributed by atoms with van der Waals surface area (Å²) in [6, 6.07) is 10.4. The number of carbonyl (C=O) groups excluding carboxylic acids is 1.